The summed E-state index contributed by atoms with van der Waals surface area (Å²) in [6, 6.07) is 10.7. The molecule has 2 aromatic rings. The number of nitrogen functional groups attached to an aromatic ring is 1. The summed E-state index contributed by atoms with van der Waals surface area (Å²) in [5.41, 5.74) is 7.16. The molecule has 5 nitrogen and oxygen atoms in total. The number of anilines is 2. The monoisotopic (exact) mass is 309 g/mol. The molecule has 0 aliphatic rings. The predicted molar refractivity (Wildman–Crippen MR) is 80.8 cm³/mol. The van der Waals surface area contributed by atoms with Gasteiger partial charge in [-0.1, -0.05) is 18.2 Å². The van der Waals surface area contributed by atoms with Crippen molar-refractivity contribution >= 4 is 21.4 Å². The largest absolute Gasteiger partial charge is 0.397 e. The minimum Gasteiger partial charge on any atom is -0.397 e. The third-order valence-electron chi connectivity index (χ3n) is 3.03. The number of halogens is 1. The molecule has 2 aromatic carbocycles. The van der Waals surface area contributed by atoms with Gasteiger partial charge in [0.2, 0.25) is 10.0 Å². The highest BCUT2D eigenvalue weighted by atomic mass is 32.2. The molecule has 112 valence electrons. The number of nitrogens with two attached hydrogens (primary N) is 1. The zero-order chi connectivity index (χ0) is 15.5. The van der Waals surface area contributed by atoms with Crippen LogP contribution in [-0.4, -0.2) is 15.5 Å². The molecule has 0 aromatic heterocycles. The predicted octanol–water partition coefficient (Wildman–Crippen LogP) is 1.93. The van der Waals surface area contributed by atoms with Gasteiger partial charge in [-0.25, -0.2) is 17.5 Å². The van der Waals surface area contributed by atoms with Crippen molar-refractivity contribution in [3.05, 3.63) is 53.8 Å². The Morgan fingerprint density at radius 3 is 2.52 bits per heavy atom. The SMILES string of the molecule is CNS(=O)(=O)c1ccc(NCc2ccccc2F)c(N)c1. The quantitative estimate of drug-likeness (QED) is 0.737. The van der Waals surface area contributed by atoms with Crippen molar-refractivity contribution in [2.24, 2.45) is 0 Å². The summed E-state index contributed by atoms with van der Waals surface area (Å²) < 4.78 is 39.0. The Balaban J connectivity index is 2.17. The van der Waals surface area contributed by atoms with Crippen LogP contribution in [0.3, 0.4) is 0 Å². The zero-order valence-corrected chi connectivity index (χ0v) is 12.2. The first-order chi connectivity index (χ1) is 9.94. The third kappa shape index (κ3) is 3.50. The standard InChI is InChI=1S/C14H16FN3O2S/c1-17-21(19,20)11-6-7-14(13(16)8-11)18-9-10-4-2-3-5-12(10)15/h2-8,17-18H,9,16H2,1H3. The van der Waals surface area contributed by atoms with E-state index in [0.29, 0.717) is 11.3 Å². The van der Waals surface area contributed by atoms with Crippen LogP contribution in [0.25, 0.3) is 0 Å². The Hall–Kier alpha value is -2.12. The summed E-state index contributed by atoms with van der Waals surface area (Å²) in [6.07, 6.45) is 0. The van der Waals surface area contributed by atoms with Gasteiger partial charge >= 0.3 is 0 Å². The molecule has 0 bridgehead atoms. The van der Waals surface area contributed by atoms with Crippen molar-refractivity contribution in [3.8, 4) is 0 Å². The Morgan fingerprint density at radius 2 is 1.90 bits per heavy atom. The second kappa shape index (κ2) is 6.11. The van der Waals surface area contributed by atoms with Gasteiger partial charge in [0, 0.05) is 12.1 Å². The Kier molecular flexibility index (Phi) is 4.44. The molecule has 2 rings (SSSR count). The smallest absolute Gasteiger partial charge is 0.240 e. The van der Waals surface area contributed by atoms with Gasteiger partial charge in [0.1, 0.15) is 5.82 Å². The van der Waals surface area contributed by atoms with Crippen molar-refractivity contribution in [2.75, 3.05) is 18.1 Å². The van der Waals surface area contributed by atoms with Gasteiger partial charge in [-0.3, -0.25) is 0 Å². The lowest BCUT2D eigenvalue weighted by atomic mass is 10.2. The maximum Gasteiger partial charge on any atom is 0.240 e. The molecule has 0 heterocycles. The van der Waals surface area contributed by atoms with Crippen LogP contribution in [0.1, 0.15) is 5.56 Å². The second-order valence-electron chi connectivity index (χ2n) is 4.40. The number of rotatable bonds is 5. The van der Waals surface area contributed by atoms with Gasteiger partial charge in [0.25, 0.3) is 0 Å². The van der Waals surface area contributed by atoms with Gasteiger partial charge < -0.3 is 11.1 Å². The summed E-state index contributed by atoms with van der Waals surface area (Å²) in [5.74, 6) is -0.307. The average molecular weight is 309 g/mol. The van der Waals surface area contributed by atoms with Crippen LogP contribution in [0.5, 0.6) is 0 Å². The maximum absolute atomic E-state index is 13.5. The number of benzene rings is 2. The van der Waals surface area contributed by atoms with E-state index in [-0.39, 0.29) is 22.9 Å². The average Bonchev–Trinajstić information content (AvgIpc) is 2.47. The molecular weight excluding hydrogens is 293 g/mol. The third-order valence-corrected chi connectivity index (χ3v) is 4.44. The molecule has 0 radical (unpaired) electrons. The fourth-order valence-corrected chi connectivity index (χ4v) is 2.58. The molecule has 0 fully saturated rings. The van der Waals surface area contributed by atoms with Crippen LogP contribution in [0.2, 0.25) is 0 Å². The van der Waals surface area contributed by atoms with E-state index in [1.807, 2.05) is 0 Å². The van der Waals surface area contributed by atoms with Crippen LogP contribution < -0.4 is 15.8 Å². The van der Waals surface area contributed by atoms with Crippen molar-refractivity contribution in [1.82, 2.24) is 4.72 Å². The number of nitrogens with one attached hydrogen (secondary N) is 2. The van der Waals surface area contributed by atoms with E-state index in [1.165, 1.54) is 25.2 Å². The van der Waals surface area contributed by atoms with Gasteiger partial charge in [-0.15, -0.1) is 0 Å². The lowest BCUT2D eigenvalue weighted by molar-refractivity contribution is 0.588. The van der Waals surface area contributed by atoms with Crippen LogP contribution >= 0.6 is 0 Å². The van der Waals surface area contributed by atoms with Crippen molar-refractivity contribution in [1.29, 1.82) is 0 Å². The molecule has 7 heteroatoms. The molecule has 0 unspecified atom stereocenters. The van der Waals surface area contributed by atoms with Crippen LogP contribution in [0, 0.1) is 5.82 Å². The summed E-state index contributed by atoms with van der Waals surface area (Å²) in [6.45, 7) is 0.259. The number of sulfonamides is 1. The molecule has 0 amide bonds. The molecule has 0 aliphatic heterocycles. The normalized spacial score (nSPS) is 11.3. The van der Waals surface area contributed by atoms with Gasteiger partial charge in [-0.2, -0.15) is 0 Å². The van der Waals surface area contributed by atoms with E-state index in [1.54, 1.807) is 24.3 Å². The van der Waals surface area contributed by atoms with Crippen molar-refractivity contribution < 1.29 is 12.8 Å². The van der Waals surface area contributed by atoms with Crippen molar-refractivity contribution in [3.63, 3.8) is 0 Å². The minimum atomic E-state index is -3.53. The molecule has 0 saturated carbocycles. The first-order valence-electron chi connectivity index (χ1n) is 6.24. The highest BCUT2D eigenvalue weighted by Gasteiger charge is 2.13. The van der Waals surface area contributed by atoms with Gasteiger partial charge in [0.15, 0.2) is 0 Å². The van der Waals surface area contributed by atoms with Gasteiger partial charge in [-0.05, 0) is 31.3 Å². The molecule has 0 aliphatic carbocycles. The molecular formula is C14H16FN3O2S. The molecule has 0 saturated heterocycles. The van der Waals surface area contributed by atoms with Crippen LogP contribution in [-0.2, 0) is 16.6 Å². The molecule has 21 heavy (non-hydrogen) atoms. The zero-order valence-electron chi connectivity index (χ0n) is 11.4. The fraction of sp³-hybridized carbons (Fsp3) is 0.143. The Bertz CT molecular complexity index is 748. The van der Waals surface area contributed by atoms with E-state index in [4.69, 9.17) is 5.73 Å². The lowest BCUT2D eigenvalue weighted by Crippen LogP contribution is -2.18. The van der Waals surface area contributed by atoms with Crippen molar-refractivity contribution in [2.45, 2.75) is 11.4 Å². The summed E-state index contributed by atoms with van der Waals surface area (Å²) in [7, 11) is -2.20. The lowest BCUT2D eigenvalue weighted by Gasteiger charge is -2.11. The molecule has 0 spiro atoms. The topological polar surface area (TPSA) is 84.2 Å². The summed E-state index contributed by atoms with van der Waals surface area (Å²) in [5, 5.41) is 2.99. The number of hydrogen-bond donors (Lipinski definition) is 3. The molecule has 4 N–H and O–H groups in total. The summed E-state index contributed by atoms with van der Waals surface area (Å²) >= 11 is 0. The first kappa shape index (κ1) is 15.3. The van der Waals surface area contributed by atoms with E-state index in [2.05, 4.69) is 10.0 Å². The van der Waals surface area contributed by atoms with Crippen LogP contribution in [0.15, 0.2) is 47.4 Å². The van der Waals surface area contributed by atoms with Gasteiger partial charge in [0.05, 0.1) is 16.3 Å². The highest BCUT2D eigenvalue weighted by molar-refractivity contribution is 7.89. The summed E-state index contributed by atoms with van der Waals surface area (Å²) in [4.78, 5) is 0.0824. The second-order valence-corrected chi connectivity index (χ2v) is 6.29. The minimum absolute atomic E-state index is 0.0824. The Morgan fingerprint density at radius 1 is 1.19 bits per heavy atom. The highest BCUT2D eigenvalue weighted by Crippen LogP contribution is 2.23. The number of hydrogen-bond acceptors (Lipinski definition) is 4. The van der Waals surface area contributed by atoms with E-state index in [0.717, 1.165) is 0 Å². The Labute approximate surface area is 123 Å². The van der Waals surface area contributed by atoms with E-state index >= 15 is 0 Å². The first-order valence-corrected chi connectivity index (χ1v) is 7.72. The maximum atomic E-state index is 13.5. The van der Waals surface area contributed by atoms with Crippen LogP contribution in [0.4, 0.5) is 15.8 Å². The fourth-order valence-electron chi connectivity index (χ4n) is 1.82. The molecule has 0 atom stereocenters. The van der Waals surface area contributed by atoms with E-state index in [9.17, 15) is 12.8 Å². The van der Waals surface area contributed by atoms with E-state index < -0.39 is 10.0 Å².